The molecule has 32 heavy (non-hydrogen) atoms. The highest BCUT2D eigenvalue weighted by atomic mass is 16.4. The van der Waals surface area contributed by atoms with Crippen LogP contribution >= 0.6 is 0 Å². The van der Waals surface area contributed by atoms with E-state index in [0.29, 0.717) is 17.9 Å². The molecule has 1 amide bonds. The summed E-state index contributed by atoms with van der Waals surface area (Å²) in [7, 11) is 0. The maximum absolute atomic E-state index is 12.6. The SMILES string of the molecule is Cc1c(C(=O)NCCCCCCCCCCC(=O)O)cnn1-c1ccc2ccccc2n1. The standard InChI is InChI=1S/C25H32N4O3/c1-19-21(18-27-29(19)23-16-15-20-12-9-10-13-22(20)28-23)25(32)26-17-11-7-5-3-2-4-6-8-14-24(30)31/h9-10,12-13,15-16,18H,2-8,11,14,17H2,1H3,(H,26,32)(H,30,31). The van der Waals surface area contributed by atoms with E-state index >= 15 is 0 Å². The third-order valence-corrected chi connectivity index (χ3v) is 5.66. The number of rotatable bonds is 13. The third kappa shape index (κ3) is 6.64. The van der Waals surface area contributed by atoms with Crippen molar-refractivity contribution in [1.29, 1.82) is 0 Å². The zero-order valence-electron chi connectivity index (χ0n) is 18.7. The molecule has 7 nitrogen and oxygen atoms in total. The van der Waals surface area contributed by atoms with Crippen LogP contribution in [0.4, 0.5) is 0 Å². The molecule has 3 rings (SSSR count). The second kappa shape index (κ2) is 12.0. The third-order valence-electron chi connectivity index (χ3n) is 5.66. The van der Waals surface area contributed by atoms with E-state index in [4.69, 9.17) is 5.11 Å². The van der Waals surface area contributed by atoms with Crippen LogP contribution in [0.1, 0.15) is 73.8 Å². The normalized spacial score (nSPS) is 11.0. The summed E-state index contributed by atoms with van der Waals surface area (Å²) in [5.41, 5.74) is 2.24. The summed E-state index contributed by atoms with van der Waals surface area (Å²) in [5.74, 6) is -0.115. The fraction of sp³-hybridized carbons (Fsp3) is 0.440. The predicted octanol–water partition coefficient (Wildman–Crippen LogP) is 5.05. The van der Waals surface area contributed by atoms with E-state index in [2.05, 4.69) is 15.4 Å². The molecule has 0 aliphatic heterocycles. The molecule has 0 spiro atoms. The van der Waals surface area contributed by atoms with Gasteiger partial charge in [0.2, 0.25) is 0 Å². The van der Waals surface area contributed by atoms with Crippen molar-refractivity contribution in [3.05, 3.63) is 53.9 Å². The maximum Gasteiger partial charge on any atom is 0.303 e. The highest BCUT2D eigenvalue weighted by molar-refractivity contribution is 5.95. The van der Waals surface area contributed by atoms with Crippen LogP contribution in [0.15, 0.2) is 42.6 Å². The molecule has 1 aromatic carbocycles. The number of aromatic nitrogens is 3. The Morgan fingerprint density at radius 3 is 2.38 bits per heavy atom. The van der Waals surface area contributed by atoms with Crippen LogP contribution in [-0.4, -0.2) is 38.3 Å². The van der Waals surface area contributed by atoms with Crippen LogP contribution in [0.3, 0.4) is 0 Å². The molecule has 2 heterocycles. The molecule has 0 radical (unpaired) electrons. The van der Waals surface area contributed by atoms with Crippen molar-refractivity contribution in [3.63, 3.8) is 0 Å². The van der Waals surface area contributed by atoms with Crippen LogP contribution in [0.25, 0.3) is 16.7 Å². The fourth-order valence-corrected chi connectivity index (χ4v) is 3.80. The van der Waals surface area contributed by atoms with Gasteiger partial charge in [0.05, 0.1) is 23.0 Å². The first kappa shape index (κ1) is 23.4. The van der Waals surface area contributed by atoms with Gasteiger partial charge >= 0.3 is 5.97 Å². The van der Waals surface area contributed by atoms with Crippen molar-refractivity contribution >= 4 is 22.8 Å². The van der Waals surface area contributed by atoms with Gasteiger partial charge in [0.25, 0.3) is 5.91 Å². The molecule has 7 heteroatoms. The molecular weight excluding hydrogens is 404 g/mol. The number of fused-ring (bicyclic) bond motifs is 1. The minimum atomic E-state index is -0.708. The second-order valence-corrected chi connectivity index (χ2v) is 8.15. The molecular formula is C25H32N4O3. The second-order valence-electron chi connectivity index (χ2n) is 8.15. The summed E-state index contributed by atoms with van der Waals surface area (Å²) >= 11 is 0. The van der Waals surface area contributed by atoms with Crippen LogP contribution in [-0.2, 0) is 4.79 Å². The van der Waals surface area contributed by atoms with Gasteiger partial charge < -0.3 is 10.4 Å². The number of hydrogen-bond donors (Lipinski definition) is 2. The van der Waals surface area contributed by atoms with E-state index in [9.17, 15) is 9.59 Å². The number of unbranched alkanes of at least 4 members (excludes halogenated alkanes) is 7. The molecule has 0 saturated heterocycles. The highest BCUT2D eigenvalue weighted by Crippen LogP contribution is 2.17. The van der Waals surface area contributed by atoms with Gasteiger partial charge in [-0.3, -0.25) is 9.59 Å². The average molecular weight is 437 g/mol. The molecule has 0 bridgehead atoms. The number of carboxylic acids is 1. The van der Waals surface area contributed by atoms with Crippen molar-refractivity contribution in [1.82, 2.24) is 20.1 Å². The number of carboxylic acid groups (broad SMARTS) is 1. The lowest BCUT2D eigenvalue weighted by Gasteiger charge is -2.07. The molecule has 2 N–H and O–H groups in total. The van der Waals surface area contributed by atoms with Crippen LogP contribution < -0.4 is 5.32 Å². The first-order valence-corrected chi connectivity index (χ1v) is 11.5. The minimum absolute atomic E-state index is 0.104. The molecule has 0 saturated carbocycles. The molecule has 0 fully saturated rings. The first-order chi connectivity index (χ1) is 15.6. The number of carbonyl (C=O) groups excluding carboxylic acids is 1. The van der Waals surface area contributed by atoms with Crippen molar-refractivity contribution in [2.75, 3.05) is 6.54 Å². The predicted molar refractivity (Wildman–Crippen MR) is 125 cm³/mol. The van der Waals surface area contributed by atoms with Gasteiger partial charge in [-0.25, -0.2) is 9.67 Å². The quantitative estimate of drug-likeness (QED) is 0.365. The summed E-state index contributed by atoms with van der Waals surface area (Å²) in [6, 6.07) is 11.8. The van der Waals surface area contributed by atoms with Crippen molar-refractivity contribution in [2.45, 2.75) is 64.7 Å². The Kier molecular flexibility index (Phi) is 8.78. The van der Waals surface area contributed by atoms with Crippen molar-refractivity contribution < 1.29 is 14.7 Å². The Bertz CT molecular complexity index is 1040. The molecule has 170 valence electrons. The Morgan fingerprint density at radius 2 is 1.62 bits per heavy atom. The number of aliphatic carboxylic acids is 1. The maximum atomic E-state index is 12.6. The van der Waals surface area contributed by atoms with Crippen LogP contribution in [0.5, 0.6) is 0 Å². The van der Waals surface area contributed by atoms with Gasteiger partial charge in [-0.05, 0) is 38.0 Å². The summed E-state index contributed by atoms with van der Waals surface area (Å²) in [6.07, 6.45) is 10.2. The number of carbonyl (C=O) groups is 2. The highest BCUT2D eigenvalue weighted by Gasteiger charge is 2.15. The number of para-hydroxylation sites is 1. The molecule has 0 aliphatic carbocycles. The lowest BCUT2D eigenvalue weighted by atomic mass is 10.1. The summed E-state index contributed by atoms with van der Waals surface area (Å²) in [5, 5.41) is 17.1. The van der Waals surface area contributed by atoms with E-state index in [1.165, 1.54) is 0 Å². The number of nitrogens with zero attached hydrogens (tertiary/aromatic N) is 3. The number of benzene rings is 1. The Hall–Kier alpha value is -3.22. The van der Waals surface area contributed by atoms with Gasteiger partial charge in [-0.1, -0.05) is 56.7 Å². The van der Waals surface area contributed by atoms with Gasteiger partial charge in [-0.15, -0.1) is 0 Å². The molecule has 0 aliphatic rings. The van der Waals surface area contributed by atoms with E-state index in [0.717, 1.165) is 68.0 Å². The van der Waals surface area contributed by atoms with Crippen LogP contribution in [0.2, 0.25) is 0 Å². The van der Waals surface area contributed by atoms with Crippen molar-refractivity contribution in [3.8, 4) is 5.82 Å². The molecule has 0 atom stereocenters. The number of amides is 1. The van der Waals surface area contributed by atoms with E-state index < -0.39 is 5.97 Å². The number of nitrogens with one attached hydrogen (secondary N) is 1. The van der Waals surface area contributed by atoms with Crippen molar-refractivity contribution in [2.24, 2.45) is 0 Å². The minimum Gasteiger partial charge on any atom is -0.481 e. The molecule has 2 aromatic heterocycles. The topological polar surface area (TPSA) is 97.1 Å². The summed E-state index contributed by atoms with van der Waals surface area (Å²) in [4.78, 5) is 27.7. The zero-order valence-corrected chi connectivity index (χ0v) is 18.7. The van der Waals surface area contributed by atoms with E-state index in [1.54, 1.807) is 10.9 Å². The van der Waals surface area contributed by atoms with Gasteiger partial charge in [0.15, 0.2) is 5.82 Å². The monoisotopic (exact) mass is 436 g/mol. The van der Waals surface area contributed by atoms with Gasteiger partial charge in [0, 0.05) is 18.4 Å². The smallest absolute Gasteiger partial charge is 0.303 e. The van der Waals surface area contributed by atoms with Gasteiger partial charge in [-0.2, -0.15) is 5.10 Å². The lowest BCUT2D eigenvalue weighted by molar-refractivity contribution is -0.137. The summed E-state index contributed by atoms with van der Waals surface area (Å²) < 4.78 is 1.71. The Balaban J connectivity index is 1.38. The largest absolute Gasteiger partial charge is 0.481 e. The Labute approximate surface area is 188 Å². The summed E-state index contributed by atoms with van der Waals surface area (Å²) in [6.45, 7) is 2.53. The van der Waals surface area contributed by atoms with Gasteiger partial charge in [0.1, 0.15) is 0 Å². The molecule has 0 unspecified atom stereocenters. The fourth-order valence-electron chi connectivity index (χ4n) is 3.80. The molecule has 3 aromatic rings. The Morgan fingerprint density at radius 1 is 0.938 bits per heavy atom. The van der Waals surface area contributed by atoms with E-state index in [1.807, 2.05) is 43.3 Å². The lowest BCUT2D eigenvalue weighted by Crippen LogP contribution is -2.24. The zero-order chi connectivity index (χ0) is 22.8. The number of hydrogen-bond acceptors (Lipinski definition) is 4. The van der Waals surface area contributed by atoms with E-state index in [-0.39, 0.29) is 12.3 Å². The van der Waals surface area contributed by atoms with Crippen LogP contribution in [0, 0.1) is 6.92 Å². The average Bonchev–Trinajstić information content (AvgIpc) is 3.18. The number of pyridine rings is 1. The first-order valence-electron chi connectivity index (χ1n) is 11.5.